The van der Waals surface area contributed by atoms with Gasteiger partial charge < -0.3 is 0 Å². The zero-order valence-corrected chi connectivity index (χ0v) is 24.1. The van der Waals surface area contributed by atoms with Gasteiger partial charge in [-0.25, -0.2) is 17.5 Å². The van der Waals surface area contributed by atoms with Gasteiger partial charge >= 0.3 is 12.4 Å². The van der Waals surface area contributed by atoms with Gasteiger partial charge in [0.1, 0.15) is 11.5 Å². The zero-order valence-electron chi connectivity index (χ0n) is 23.2. The second-order valence-corrected chi connectivity index (χ2v) is 13.7. The predicted molar refractivity (Wildman–Crippen MR) is 147 cm³/mol. The number of hydrogen-bond donors (Lipinski definition) is 0. The molecule has 0 amide bonds. The first-order chi connectivity index (χ1) is 21.1. The number of carbonyl (C=O) groups is 1. The van der Waals surface area contributed by atoms with Crippen molar-refractivity contribution in [2.45, 2.75) is 54.6 Å². The number of ketones is 1. The maximum atomic E-state index is 14.3. The van der Waals surface area contributed by atoms with Gasteiger partial charge in [0.15, 0.2) is 15.6 Å². The van der Waals surface area contributed by atoms with Crippen LogP contribution in [0.5, 0.6) is 0 Å². The number of pyridine rings is 1. The maximum absolute atomic E-state index is 14.3. The summed E-state index contributed by atoms with van der Waals surface area (Å²) in [5.41, 5.74) is -2.50. The smallest absolute Gasteiger partial charge is 0.292 e. The SMILES string of the molecule is O=C(c1cc(C(F)(F)F)ccn1)[C@]12Cc3cnn(-c4ccc(F)cc4)c3CC1CC[C@@H](S(=O)(=O)c1cccc(C(F)(F)F)c1)C2. The lowest BCUT2D eigenvalue weighted by Gasteiger charge is -2.48. The summed E-state index contributed by atoms with van der Waals surface area (Å²) in [6, 6.07) is 10.2. The highest BCUT2D eigenvalue weighted by Gasteiger charge is 2.55. The van der Waals surface area contributed by atoms with Gasteiger partial charge in [-0.15, -0.1) is 0 Å². The number of fused-ring (bicyclic) bond motifs is 2. The van der Waals surface area contributed by atoms with Crippen molar-refractivity contribution in [3.05, 3.63) is 107 Å². The van der Waals surface area contributed by atoms with E-state index in [0.717, 1.165) is 30.5 Å². The van der Waals surface area contributed by atoms with Gasteiger partial charge in [-0.3, -0.25) is 9.78 Å². The fourth-order valence-corrected chi connectivity index (χ4v) is 8.56. The highest BCUT2D eigenvalue weighted by molar-refractivity contribution is 7.92. The van der Waals surface area contributed by atoms with E-state index in [2.05, 4.69) is 10.1 Å². The van der Waals surface area contributed by atoms with Gasteiger partial charge in [0.25, 0.3) is 0 Å². The summed E-state index contributed by atoms with van der Waals surface area (Å²) in [5.74, 6) is -1.79. The van der Waals surface area contributed by atoms with Crippen LogP contribution in [0.15, 0.2) is 78.0 Å². The molecule has 2 heterocycles. The van der Waals surface area contributed by atoms with Crippen molar-refractivity contribution in [2.75, 3.05) is 0 Å². The van der Waals surface area contributed by atoms with E-state index in [1.807, 2.05) is 0 Å². The Balaban J connectivity index is 1.44. The van der Waals surface area contributed by atoms with Crippen molar-refractivity contribution >= 4 is 15.6 Å². The molecule has 1 saturated carbocycles. The van der Waals surface area contributed by atoms with E-state index in [1.54, 1.807) is 4.68 Å². The highest BCUT2D eigenvalue weighted by atomic mass is 32.2. The molecular weight excluding hydrogens is 627 g/mol. The van der Waals surface area contributed by atoms with E-state index in [0.29, 0.717) is 29.1 Å². The van der Waals surface area contributed by atoms with Crippen molar-refractivity contribution < 1.29 is 43.9 Å². The number of aromatic nitrogens is 3. The molecule has 1 unspecified atom stereocenters. The third kappa shape index (κ3) is 5.53. The van der Waals surface area contributed by atoms with Gasteiger partial charge in [0.05, 0.1) is 33.2 Å². The Bertz CT molecular complexity index is 1890. The largest absolute Gasteiger partial charge is 0.416 e. The summed E-state index contributed by atoms with van der Waals surface area (Å²) < 4.78 is 124. The average Bonchev–Trinajstić information content (AvgIpc) is 3.41. The minimum atomic E-state index is -4.79. The molecule has 45 heavy (non-hydrogen) atoms. The molecule has 1 fully saturated rings. The molecular formula is C31H24F7N3O3S. The Labute approximate surface area is 252 Å². The van der Waals surface area contributed by atoms with Crippen molar-refractivity contribution in [1.82, 2.24) is 14.8 Å². The van der Waals surface area contributed by atoms with Crippen molar-refractivity contribution in [3.63, 3.8) is 0 Å². The molecule has 0 radical (unpaired) electrons. The fraction of sp³-hybridized carbons (Fsp3) is 0.323. The first-order valence-corrected chi connectivity index (χ1v) is 15.5. The lowest BCUT2D eigenvalue weighted by atomic mass is 9.56. The minimum Gasteiger partial charge on any atom is -0.292 e. The van der Waals surface area contributed by atoms with Crippen LogP contribution in [0.25, 0.3) is 5.69 Å². The van der Waals surface area contributed by atoms with Crippen LogP contribution in [0.1, 0.15) is 52.1 Å². The van der Waals surface area contributed by atoms with Crippen LogP contribution in [0.2, 0.25) is 0 Å². The lowest BCUT2D eigenvalue weighted by molar-refractivity contribution is -0.138. The second kappa shape index (κ2) is 10.8. The summed E-state index contributed by atoms with van der Waals surface area (Å²) in [5, 5.41) is 3.12. The third-order valence-electron chi connectivity index (χ3n) is 8.88. The van der Waals surface area contributed by atoms with Crippen LogP contribution < -0.4 is 0 Å². The van der Waals surface area contributed by atoms with Gasteiger partial charge in [-0.1, -0.05) is 6.07 Å². The molecule has 0 N–H and O–H groups in total. The van der Waals surface area contributed by atoms with Crippen molar-refractivity contribution in [2.24, 2.45) is 11.3 Å². The quantitative estimate of drug-likeness (QED) is 0.171. The number of hydrogen-bond acceptors (Lipinski definition) is 5. The summed E-state index contributed by atoms with van der Waals surface area (Å²) in [6.07, 6.45) is -7.29. The van der Waals surface area contributed by atoms with E-state index in [4.69, 9.17) is 0 Å². The molecule has 2 aliphatic rings. The average molecular weight is 652 g/mol. The second-order valence-electron chi connectivity index (χ2n) is 11.5. The van der Waals surface area contributed by atoms with Gasteiger partial charge in [0.2, 0.25) is 0 Å². The molecule has 2 aromatic heterocycles. The molecule has 14 heteroatoms. The number of benzene rings is 2. The molecule has 3 atom stereocenters. The Morgan fingerprint density at radius 2 is 1.60 bits per heavy atom. The van der Waals surface area contributed by atoms with E-state index < -0.39 is 72.1 Å². The fourth-order valence-electron chi connectivity index (χ4n) is 6.65. The Kier molecular flexibility index (Phi) is 7.41. The number of alkyl halides is 6. The Hall–Kier alpha value is -4.07. The third-order valence-corrected chi connectivity index (χ3v) is 11.1. The number of Topliss-reactive ketones (excluding diaryl/α,β-unsaturated/α-hetero) is 1. The van der Waals surface area contributed by atoms with E-state index in [9.17, 15) is 43.9 Å². The molecule has 0 aliphatic heterocycles. The molecule has 236 valence electrons. The number of carbonyl (C=O) groups excluding carboxylic acids is 1. The van der Waals surface area contributed by atoms with Crippen molar-refractivity contribution in [1.29, 1.82) is 0 Å². The van der Waals surface area contributed by atoms with Gasteiger partial charge in [0, 0.05) is 17.3 Å². The van der Waals surface area contributed by atoms with E-state index in [-0.39, 0.29) is 32.1 Å². The zero-order chi connectivity index (χ0) is 32.4. The number of nitrogens with zero attached hydrogens (tertiary/aromatic N) is 3. The first kappa shape index (κ1) is 30.9. The number of rotatable bonds is 5. The molecule has 2 aromatic carbocycles. The lowest BCUT2D eigenvalue weighted by Crippen LogP contribution is -2.51. The van der Waals surface area contributed by atoms with Crippen LogP contribution in [0.4, 0.5) is 30.7 Å². The highest BCUT2D eigenvalue weighted by Crippen LogP contribution is 2.53. The Morgan fingerprint density at radius 1 is 0.911 bits per heavy atom. The van der Waals surface area contributed by atoms with Gasteiger partial charge in [-0.05, 0) is 98.2 Å². The van der Waals surface area contributed by atoms with E-state index >= 15 is 0 Å². The van der Waals surface area contributed by atoms with Crippen molar-refractivity contribution in [3.8, 4) is 5.69 Å². The predicted octanol–water partition coefficient (Wildman–Crippen LogP) is 7.05. The topological polar surface area (TPSA) is 81.9 Å². The normalized spacial score (nSPS) is 22.0. The summed E-state index contributed by atoms with van der Waals surface area (Å²) in [6.45, 7) is 0. The molecule has 6 nitrogen and oxygen atoms in total. The van der Waals surface area contributed by atoms with Gasteiger partial charge in [-0.2, -0.15) is 31.4 Å². The molecule has 2 aliphatic carbocycles. The number of halogens is 7. The standard InChI is InChI=1S/C31H24F7N3O3S/c32-22-5-7-23(8-6-22)41-27-14-19-4-9-25(45(43,44)24-3-1-2-20(12-24)30(33,34)35)16-29(19,15-18(27)17-40-41)28(42)26-13-21(10-11-39-26)31(36,37)38/h1-3,5-8,10-13,17,19,25H,4,9,14-16H2/t19?,25-,29+/m1/s1. The minimum absolute atomic E-state index is 0.00825. The maximum Gasteiger partial charge on any atom is 0.416 e. The van der Waals surface area contributed by atoms with Crippen LogP contribution >= 0.6 is 0 Å². The summed E-state index contributed by atoms with van der Waals surface area (Å²) in [7, 11) is -4.41. The molecule has 0 saturated heterocycles. The Morgan fingerprint density at radius 3 is 2.29 bits per heavy atom. The van der Waals surface area contributed by atoms with Crippen LogP contribution in [-0.4, -0.2) is 34.2 Å². The molecule has 6 rings (SSSR count). The molecule has 0 spiro atoms. The van der Waals surface area contributed by atoms with E-state index in [1.165, 1.54) is 30.5 Å². The first-order valence-electron chi connectivity index (χ1n) is 13.9. The molecule has 4 aromatic rings. The monoisotopic (exact) mass is 651 g/mol. The van der Waals surface area contributed by atoms with Crippen LogP contribution in [-0.2, 0) is 35.0 Å². The summed E-state index contributed by atoms with van der Waals surface area (Å²) >= 11 is 0. The number of sulfone groups is 1. The molecule has 0 bridgehead atoms. The van der Waals surface area contributed by atoms with Crippen LogP contribution in [0.3, 0.4) is 0 Å². The summed E-state index contributed by atoms with van der Waals surface area (Å²) in [4.78, 5) is 17.7. The van der Waals surface area contributed by atoms with Crippen LogP contribution in [0, 0.1) is 17.2 Å².